The smallest absolute Gasteiger partial charge is 0.0653 e. The van der Waals surface area contributed by atoms with Crippen LogP contribution in [0.4, 0.5) is 17.1 Å². The van der Waals surface area contributed by atoms with E-state index in [4.69, 9.17) is 5.73 Å². The predicted molar refractivity (Wildman–Crippen MR) is 82.5 cm³/mol. The Morgan fingerprint density at radius 2 is 1.61 bits per heavy atom. The Labute approximate surface area is 117 Å². The van der Waals surface area contributed by atoms with E-state index in [1.807, 2.05) is 25.2 Å². The molecule has 0 saturated heterocycles. The summed E-state index contributed by atoms with van der Waals surface area (Å²) >= 11 is 3.48. The van der Waals surface area contributed by atoms with Crippen LogP contribution < -0.4 is 10.6 Å². The lowest BCUT2D eigenvalue weighted by Gasteiger charge is -2.22. The van der Waals surface area contributed by atoms with Crippen molar-refractivity contribution in [2.24, 2.45) is 0 Å². The molecular formula is C15H17BrN2. The van der Waals surface area contributed by atoms with Gasteiger partial charge in [0.25, 0.3) is 0 Å². The molecule has 2 aromatic rings. The molecule has 0 aromatic heterocycles. The van der Waals surface area contributed by atoms with Crippen molar-refractivity contribution < 1.29 is 0 Å². The number of benzene rings is 2. The van der Waals surface area contributed by atoms with Gasteiger partial charge in [0.15, 0.2) is 0 Å². The summed E-state index contributed by atoms with van der Waals surface area (Å²) in [6.45, 7) is 4.21. The fourth-order valence-corrected chi connectivity index (χ4v) is 2.44. The Bertz CT molecular complexity index is 558. The highest BCUT2D eigenvalue weighted by molar-refractivity contribution is 9.10. The second-order valence-electron chi connectivity index (χ2n) is 4.61. The van der Waals surface area contributed by atoms with Crippen LogP contribution in [-0.2, 0) is 0 Å². The minimum atomic E-state index is 0.778. The van der Waals surface area contributed by atoms with Crippen LogP contribution >= 0.6 is 15.9 Å². The molecule has 0 atom stereocenters. The second kappa shape index (κ2) is 5.02. The highest BCUT2D eigenvalue weighted by Crippen LogP contribution is 2.32. The minimum absolute atomic E-state index is 0.778. The Morgan fingerprint density at radius 3 is 2.22 bits per heavy atom. The van der Waals surface area contributed by atoms with Crippen molar-refractivity contribution in [3.8, 4) is 0 Å². The number of hydrogen-bond acceptors (Lipinski definition) is 2. The van der Waals surface area contributed by atoms with E-state index in [2.05, 4.69) is 52.9 Å². The Hall–Kier alpha value is -1.48. The van der Waals surface area contributed by atoms with Crippen molar-refractivity contribution in [2.45, 2.75) is 13.8 Å². The van der Waals surface area contributed by atoms with Gasteiger partial charge in [0.1, 0.15) is 0 Å². The molecule has 0 amide bonds. The van der Waals surface area contributed by atoms with Crippen molar-refractivity contribution >= 4 is 33.0 Å². The Morgan fingerprint density at radius 1 is 1.00 bits per heavy atom. The zero-order valence-corrected chi connectivity index (χ0v) is 12.5. The third-order valence-corrected chi connectivity index (χ3v) is 3.44. The van der Waals surface area contributed by atoms with Crippen molar-refractivity contribution in [1.82, 2.24) is 0 Å². The molecule has 0 aliphatic carbocycles. The molecule has 2 aromatic carbocycles. The van der Waals surface area contributed by atoms with Crippen molar-refractivity contribution in [1.29, 1.82) is 0 Å². The van der Waals surface area contributed by atoms with Gasteiger partial charge in [0, 0.05) is 17.2 Å². The lowest BCUT2D eigenvalue weighted by molar-refractivity contribution is 1.19. The van der Waals surface area contributed by atoms with Gasteiger partial charge in [0.05, 0.1) is 11.4 Å². The van der Waals surface area contributed by atoms with Crippen LogP contribution in [0.25, 0.3) is 0 Å². The van der Waals surface area contributed by atoms with Crippen LogP contribution in [0, 0.1) is 13.8 Å². The van der Waals surface area contributed by atoms with E-state index in [1.54, 1.807) is 0 Å². The Balaban J connectivity index is 2.47. The molecule has 0 heterocycles. The maximum absolute atomic E-state index is 6.04. The number of rotatable bonds is 2. The summed E-state index contributed by atoms with van der Waals surface area (Å²) in [5.41, 5.74) is 11.5. The van der Waals surface area contributed by atoms with E-state index in [0.717, 1.165) is 21.5 Å². The molecule has 2 rings (SSSR count). The summed E-state index contributed by atoms with van der Waals surface area (Å²) in [4.78, 5) is 2.11. The maximum Gasteiger partial charge on any atom is 0.0653 e. The van der Waals surface area contributed by atoms with Gasteiger partial charge in [-0.05, 0) is 55.3 Å². The summed E-state index contributed by atoms with van der Waals surface area (Å²) in [7, 11) is 2.03. The third-order valence-electron chi connectivity index (χ3n) is 2.95. The monoisotopic (exact) mass is 304 g/mol. The minimum Gasteiger partial charge on any atom is -0.397 e. The van der Waals surface area contributed by atoms with Crippen LogP contribution in [0.2, 0.25) is 0 Å². The molecule has 0 fully saturated rings. The van der Waals surface area contributed by atoms with Crippen molar-refractivity contribution in [3.05, 3.63) is 52.0 Å². The van der Waals surface area contributed by atoms with Gasteiger partial charge in [-0.2, -0.15) is 0 Å². The topological polar surface area (TPSA) is 29.3 Å². The molecule has 2 N–H and O–H groups in total. The number of nitrogens with two attached hydrogens (primary N) is 1. The Kier molecular flexibility index (Phi) is 3.62. The second-order valence-corrected chi connectivity index (χ2v) is 5.52. The van der Waals surface area contributed by atoms with Gasteiger partial charge in [-0.1, -0.05) is 22.0 Å². The first-order valence-corrected chi connectivity index (χ1v) is 6.64. The number of aryl methyl sites for hydroxylation is 2. The summed E-state index contributed by atoms with van der Waals surface area (Å²) < 4.78 is 1.03. The van der Waals surface area contributed by atoms with Crippen LogP contribution in [0.15, 0.2) is 40.9 Å². The van der Waals surface area contributed by atoms with Crippen LogP contribution in [0.3, 0.4) is 0 Å². The molecule has 0 unspecified atom stereocenters. The summed E-state index contributed by atoms with van der Waals surface area (Å²) in [6, 6.07) is 12.4. The van der Waals surface area contributed by atoms with Gasteiger partial charge in [-0.3, -0.25) is 0 Å². The highest BCUT2D eigenvalue weighted by atomic mass is 79.9. The molecule has 0 bridgehead atoms. The highest BCUT2D eigenvalue weighted by Gasteiger charge is 2.09. The summed E-state index contributed by atoms with van der Waals surface area (Å²) in [5.74, 6) is 0. The molecule has 0 spiro atoms. The SMILES string of the molecule is Cc1cc(C)cc(N(C)c2cc(Br)ccc2N)c1. The predicted octanol–water partition coefficient (Wildman–Crippen LogP) is 4.42. The van der Waals surface area contributed by atoms with Gasteiger partial charge in [-0.15, -0.1) is 0 Å². The zero-order chi connectivity index (χ0) is 13.3. The number of halogens is 1. The molecule has 18 heavy (non-hydrogen) atoms. The van der Waals surface area contributed by atoms with E-state index in [1.165, 1.54) is 11.1 Å². The number of nitrogens with zero attached hydrogens (tertiary/aromatic N) is 1. The number of nitrogen functional groups attached to an aromatic ring is 1. The molecule has 94 valence electrons. The van der Waals surface area contributed by atoms with Gasteiger partial charge < -0.3 is 10.6 Å². The normalized spacial score (nSPS) is 10.4. The molecule has 0 aliphatic heterocycles. The quantitative estimate of drug-likeness (QED) is 0.832. The maximum atomic E-state index is 6.04. The largest absolute Gasteiger partial charge is 0.397 e. The zero-order valence-electron chi connectivity index (χ0n) is 10.9. The van der Waals surface area contributed by atoms with Crippen LogP contribution in [0.5, 0.6) is 0 Å². The first-order valence-electron chi connectivity index (χ1n) is 5.84. The average Bonchev–Trinajstić information content (AvgIpc) is 2.30. The van der Waals surface area contributed by atoms with Crippen LogP contribution in [0.1, 0.15) is 11.1 Å². The van der Waals surface area contributed by atoms with E-state index >= 15 is 0 Å². The molecular weight excluding hydrogens is 288 g/mol. The molecule has 3 heteroatoms. The van der Waals surface area contributed by atoms with E-state index in [9.17, 15) is 0 Å². The first kappa shape index (κ1) is 13.0. The van der Waals surface area contributed by atoms with Crippen molar-refractivity contribution in [3.63, 3.8) is 0 Å². The van der Waals surface area contributed by atoms with E-state index < -0.39 is 0 Å². The standard InChI is InChI=1S/C15H17BrN2/c1-10-6-11(2)8-13(7-10)18(3)15-9-12(16)4-5-14(15)17/h4-9H,17H2,1-3H3. The summed E-state index contributed by atoms with van der Waals surface area (Å²) in [6.07, 6.45) is 0. The molecule has 0 saturated carbocycles. The van der Waals surface area contributed by atoms with Gasteiger partial charge in [-0.25, -0.2) is 0 Å². The van der Waals surface area contributed by atoms with Crippen LogP contribution in [-0.4, -0.2) is 7.05 Å². The third kappa shape index (κ3) is 2.67. The summed E-state index contributed by atoms with van der Waals surface area (Å²) in [5, 5.41) is 0. The van der Waals surface area contributed by atoms with Gasteiger partial charge >= 0.3 is 0 Å². The van der Waals surface area contributed by atoms with E-state index in [-0.39, 0.29) is 0 Å². The molecule has 0 aliphatic rings. The fraction of sp³-hybridized carbons (Fsp3) is 0.200. The lowest BCUT2D eigenvalue weighted by Crippen LogP contribution is -2.12. The fourth-order valence-electron chi connectivity index (χ4n) is 2.09. The number of anilines is 3. The van der Waals surface area contributed by atoms with Gasteiger partial charge in [0.2, 0.25) is 0 Å². The number of hydrogen-bond donors (Lipinski definition) is 1. The lowest BCUT2D eigenvalue weighted by atomic mass is 10.1. The van der Waals surface area contributed by atoms with E-state index in [0.29, 0.717) is 0 Å². The molecule has 2 nitrogen and oxygen atoms in total. The van der Waals surface area contributed by atoms with Crippen molar-refractivity contribution in [2.75, 3.05) is 17.7 Å². The first-order chi connectivity index (χ1) is 8.47. The molecule has 0 radical (unpaired) electrons. The average molecular weight is 305 g/mol.